The van der Waals surface area contributed by atoms with Gasteiger partial charge >= 0.3 is 0 Å². The summed E-state index contributed by atoms with van der Waals surface area (Å²) in [7, 11) is 0. The van der Waals surface area contributed by atoms with Crippen molar-refractivity contribution in [3.05, 3.63) is 54.4 Å². The molecule has 0 saturated carbocycles. The average Bonchev–Trinajstić information content (AvgIpc) is 2.70. The van der Waals surface area contributed by atoms with Crippen molar-refractivity contribution >= 4 is 11.8 Å². The zero-order valence-electron chi connectivity index (χ0n) is 17.0. The molecule has 1 unspecified atom stereocenters. The van der Waals surface area contributed by atoms with Crippen molar-refractivity contribution < 1.29 is 9.59 Å². The fourth-order valence-corrected chi connectivity index (χ4v) is 3.71. The molecule has 5 nitrogen and oxygen atoms in total. The minimum absolute atomic E-state index is 0.0576. The Labute approximate surface area is 167 Å². The van der Waals surface area contributed by atoms with E-state index in [1.165, 1.54) is 0 Å². The number of aromatic nitrogens is 1. The number of piperazine rings is 1. The predicted octanol–water partition coefficient (Wildman–Crippen LogP) is 3.40. The van der Waals surface area contributed by atoms with Gasteiger partial charge in [0.2, 0.25) is 11.8 Å². The summed E-state index contributed by atoms with van der Waals surface area (Å²) in [5, 5.41) is 0. The number of amides is 2. The van der Waals surface area contributed by atoms with Gasteiger partial charge in [-0.25, -0.2) is 0 Å². The van der Waals surface area contributed by atoms with Crippen molar-refractivity contribution in [1.29, 1.82) is 0 Å². The number of rotatable bonds is 6. The van der Waals surface area contributed by atoms with Crippen LogP contribution in [0.2, 0.25) is 0 Å². The zero-order valence-corrected chi connectivity index (χ0v) is 17.0. The van der Waals surface area contributed by atoms with E-state index < -0.39 is 6.04 Å². The van der Waals surface area contributed by atoms with Crippen LogP contribution in [0, 0.1) is 5.92 Å². The minimum Gasteiger partial charge on any atom is -0.339 e. The fourth-order valence-electron chi connectivity index (χ4n) is 3.71. The van der Waals surface area contributed by atoms with Crippen LogP contribution in [0.15, 0.2) is 48.8 Å². The Balaban J connectivity index is 1.79. The summed E-state index contributed by atoms with van der Waals surface area (Å²) in [6, 6.07) is 11.7. The van der Waals surface area contributed by atoms with Crippen molar-refractivity contribution in [2.45, 2.75) is 39.7 Å². The van der Waals surface area contributed by atoms with Crippen molar-refractivity contribution in [3.63, 3.8) is 0 Å². The molecule has 2 heterocycles. The molecule has 0 spiro atoms. The fraction of sp³-hybridized carbons (Fsp3) is 0.435. The molecule has 2 amide bonds. The van der Waals surface area contributed by atoms with Gasteiger partial charge in [-0.15, -0.1) is 0 Å². The molecular formula is C23H29N3O2. The van der Waals surface area contributed by atoms with Gasteiger partial charge in [0.05, 0.1) is 0 Å². The smallest absolute Gasteiger partial charge is 0.245 e. The maximum absolute atomic E-state index is 13.0. The lowest BCUT2D eigenvalue weighted by molar-refractivity contribution is -0.151. The molecule has 1 saturated heterocycles. The lowest BCUT2D eigenvalue weighted by Crippen LogP contribution is -2.59. The Hall–Kier alpha value is -2.69. The van der Waals surface area contributed by atoms with E-state index in [9.17, 15) is 9.59 Å². The summed E-state index contributed by atoms with van der Waals surface area (Å²) < 4.78 is 0. The van der Waals surface area contributed by atoms with Crippen LogP contribution in [0.4, 0.5) is 0 Å². The molecule has 1 atom stereocenters. The van der Waals surface area contributed by atoms with Crippen molar-refractivity contribution in [2.75, 3.05) is 19.6 Å². The molecular weight excluding hydrogens is 350 g/mol. The van der Waals surface area contributed by atoms with Gasteiger partial charge in [-0.1, -0.05) is 44.2 Å². The first-order valence-corrected chi connectivity index (χ1v) is 10.1. The van der Waals surface area contributed by atoms with Crippen LogP contribution in [0.3, 0.4) is 0 Å². The Bertz CT molecular complexity index is 802. The van der Waals surface area contributed by atoms with Crippen molar-refractivity contribution in [3.8, 4) is 11.1 Å². The van der Waals surface area contributed by atoms with Crippen LogP contribution in [0.25, 0.3) is 11.1 Å². The topological polar surface area (TPSA) is 53.5 Å². The molecule has 3 rings (SSSR count). The number of hydrogen-bond acceptors (Lipinski definition) is 3. The third-order valence-electron chi connectivity index (χ3n) is 5.25. The van der Waals surface area contributed by atoms with Gasteiger partial charge in [0.15, 0.2) is 0 Å². The molecule has 0 N–H and O–H groups in total. The highest BCUT2D eigenvalue weighted by Gasteiger charge is 2.36. The number of carbonyl (C=O) groups excluding carboxylic acids is 2. The van der Waals surface area contributed by atoms with Gasteiger partial charge in [-0.3, -0.25) is 14.6 Å². The molecule has 2 aromatic rings. The van der Waals surface area contributed by atoms with Gasteiger partial charge < -0.3 is 9.80 Å². The van der Waals surface area contributed by atoms with Crippen LogP contribution in [-0.4, -0.2) is 52.3 Å². The van der Waals surface area contributed by atoms with Crippen LogP contribution < -0.4 is 0 Å². The number of hydrogen-bond donors (Lipinski definition) is 0. The van der Waals surface area contributed by atoms with E-state index in [2.05, 4.69) is 17.1 Å². The molecule has 0 bridgehead atoms. The van der Waals surface area contributed by atoms with Gasteiger partial charge in [0.1, 0.15) is 6.04 Å². The van der Waals surface area contributed by atoms with E-state index in [1.54, 1.807) is 11.1 Å². The summed E-state index contributed by atoms with van der Waals surface area (Å²) in [5.74, 6) is 0.421. The number of likely N-dealkylation sites (N-methyl/N-ethyl adjacent to an activating group) is 1. The number of carbonyl (C=O) groups is 2. The number of nitrogens with zero attached hydrogens (tertiary/aromatic N) is 3. The first-order valence-electron chi connectivity index (χ1n) is 10.1. The van der Waals surface area contributed by atoms with E-state index in [1.807, 2.05) is 56.1 Å². The lowest BCUT2D eigenvalue weighted by atomic mass is 9.97. The molecule has 1 aliphatic heterocycles. The first kappa shape index (κ1) is 20.1. The molecule has 5 heteroatoms. The summed E-state index contributed by atoms with van der Waals surface area (Å²) in [4.78, 5) is 33.5. The van der Waals surface area contributed by atoms with Crippen molar-refractivity contribution in [1.82, 2.24) is 14.8 Å². The molecule has 0 radical (unpaired) electrons. The highest BCUT2D eigenvalue weighted by Crippen LogP contribution is 2.22. The van der Waals surface area contributed by atoms with Gasteiger partial charge in [0.25, 0.3) is 0 Å². The first-order chi connectivity index (χ1) is 13.5. The van der Waals surface area contributed by atoms with E-state index in [-0.39, 0.29) is 17.7 Å². The molecule has 148 valence electrons. The summed E-state index contributed by atoms with van der Waals surface area (Å²) in [5.41, 5.74) is 3.22. The Morgan fingerprint density at radius 3 is 2.50 bits per heavy atom. The normalized spacial score (nSPS) is 17.3. The maximum atomic E-state index is 13.0. The highest BCUT2D eigenvalue weighted by molar-refractivity contribution is 5.89. The summed E-state index contributed by atoms with van der Waals surface area (Å²) >= 11 is 0. The average molecular weight is 380 g/mol. The van der Waals surface area contributed by atoms with Gasteiger partial charge in [0, 0.05) is 44.9 Å². The molecule has 1 fully saturated rings. The molecule has 1 aromatic heterocycles. The van der Waals surface area contributed by atoms with E-state index >= 15 is 0 Å². The summed E-state index contributed by atoms with van der Waals surface area (Å²) in [6.45, 7) is 7.98. The van der Waals surface area contributed by atoms with Gasteiger partial charge in [-0.2, -0.15) is 0 Å². The van der Waals surface area contributed by atoms with E-state index in [0.29, 0.717) is 32.5 Å². The van der Waals surface area contributed by atoms with Crippen LogP contribution in [0.5, 0.6) is 0 Å². The van der Waals surface area contributed by atoms with Crippen LogP contribution in [0.1, 0.15) is 32.8 Å². The number of benzene rings is 1. The molecule has 28 heavy (non-hydrogen) atoms. The van der Waals surface area contributed by atoms with Crippen LogP contribution >= 0.6 is 0 Å². The van der Waals surface area contributed by atoms with Crippen molar-refractivity contribution in [2.24, 2.45) is 5.92 Å². The maximum Gasteiger partial charge on any atom is 0.245 e. The second-order valence-electron chi connectivity index (χ2n) is 7.76. The van der Waals surface area contributed by atoms with E-state index in [0.717, 1.165) is 16.7 Å². The second kappa shape index (κ2) is 9.00. The minimum atomic E-state index is -0.413. The number of pyridine rings is 1. The van der Waals surface area contributed by atoms with Crippen LogP contribution in [-0.2, 0) is 16.0 Å². The Morgan fingerprint density at radius 1 is 1.14 bits per heavy atom. The third-order valence-corrected chi connectivity index (χ3v) is 5.25. The standard InChI is InChI=1S/C23H29N3O2/c1-4-25-12-13-26(22(27)14-17(2)3)21(23(25)28)15-18-7-9-19(10-8-18)20-6-5-11-24-16-20/h5-11,16-17,21H,4,12-15H2,1-3H3. The Kier molecular flexibility index (Phi) is 6.45. The summed E-state index contributed by atoms with van der Waals surface area (Å²) in [6.07, 6.45) is 4.63. The third kappa shape index (κ3) is 4.58. The monoisotopic (exact) mass is 379 g/mol. The highest BCUT2D eigenvalue weighted by atomic mass is 16.2. The van der Waals surface area contributed by atoms with E-state index in [4.69, 9.17) is 0 Å². The second-order valence-corrected chi connectivity index (χ2v) is 7.76. The quantitative estimate of drug-likeness (QED) is 0.773. The lowest BCUT2D eigenvalue weighted by Gasteiger charge is -2.40. The predicted molar refractivity (Wildman–Crippen MR) is 111 cm³/mol. The molecule has 0 aliphatic carbocycles. The largest absolute Gasteiger partial charge is 0.339 e. The SMILES string of the molecule is CCN1CCN(C(=O)CC(C)C)C(Cc2ccc(-c3cccnc3)cc2)C1=O. The Morgan fingerprint density at radius 2 is 1.89 bits per heavy atom. The molecule has 1 aromatic carbocycles. The zero-order chi connectivity index (χ0) is 20.1. The van der Waals surface area contributed by atoms with Gasteiger partial charge in [-0.05, 0) is 35.6 Å². The molecule has 1 aliphatic rings.